The SMILES string of the molecule is O=C(Nc1ccccc1Cc1ccccc1)c1cc(Br)c(Br)s1. The molecule has 0 saturated carbocycles. The smallest absolute Gasteiger partial charge is 0.265 e. The Labute approximate surface area is 155 Å². The molecule has 0 aliphatic carbocycles. The molecular formula is C18H13Br2NOS. The van der Waals surface area contributed by atoms with Crippen molar-refractivity contribution in [3.63, 3.8) is 0 Å². The van der Waals surface area contributed by atoms with Gasteiger partial charge in [0.1, 0.15) is 0 Å². The zero-order valence-electron chi connectivity index (χ0n) is 12.1. The van der Waals surface area contributed by atoms with Gasteiger partial charge in [0.25, 0.3) is 5.91 Å². The lowest BCUT2D eigenvalue weighted by Gasteiger charge is -2.10. The van der Waals surface area contributed by atoms with Crippen LogP contribution in [0.1, 0.15) is 20.8 Å². The summed E-state index contributed by atoms with van der Waals surface area (Å²) in [7, 11) is 0. The maximum absolute atomic E-state index is 12.4. The molecule has 0 aliphatic rings. The van der Waals surface area contributed by atoms with Gasteiger partial charge >= 0.3 is 0 Å². The minimum Gasteiger partial charge on any atom is -0.321 e. The lowest BCUT2D eigenvalue weighted by molar-refractivity contribution is 0.103. The maximum Gasteiger partial charge on any atom is 0.265 e. The van der Waals surface area contributed by atoms with Crippen molar-refractivity contribution in [3.05, 3.63) is 84.9 Å². The van der Waals surface area contributed by atoms with E-state index >= 15 is 0 Å². The molecular weight excluding hydrogens is 438 g/mol. The molecule has 2 nitrogen and oxygen atoms in total. The zero-order valence-corrected chi connectivity index (χ0v) is 16.0. The van der Waals surface area contributed by atoms with Gasteiger partial charge in [-0.3, -0.25) is 4.79 Å². The van der Waals surface area contributed by atoms with E-state index in [1.165, 1.54) is 16.9 Å². The lowest BCUT2D eigenvalue weighted by Crippen LogP contribution is -2.11. The number of thiophene rings is 1. The molecule has 2 aromatic carbocycles. The van der Waals surface area contributed by atoms with Crippen molar-refractivity contribution in [2.24, 2.45) is 0 Å². The molecule has 0 unspecified atom stereocenters. The van der Waals surface area contributed by atoms with E-state index in [0.717, 1.165) is 25.9 Å². The molecule has 1 amide bonds. The molecule has 0 bridgehead atoms. The van der Waals surface area contributed by atoms with E-state index < -0.39 is 0 Å². The van der Waals surface area contributed by atoms with Crippen LogP contribution in [0.15, 0.2) is 68.9 Å². The first-order chi connectivity index (χ1) is 11.1. The summed E-state index contributed by atoms with van der Waals surface area (Å²) < 4.78 is 1.81. The number of hydrogen-bond acceptors (Lipinski definition) is 2. The number of para-hydroxylation sites is 1. The minimum atomic E-state index is -0.0955. The monoisotopic (exact) mass is 449 g/mol. The van der Waals surface area contributed by atoms with Crippen molar-refractivity contribution in [2.75, 3.05) is 5.32 Å². The average Bonchev–Trinajstić information content (AvgIpc) is 2.90. The van der Waals surface area contributed by atoms with Crippen LogP contribution in [-0.2, 0) is 6.42 Å². The van der Waals surface area contributed by atoms with Gasteiger partial charge in [0, 0.05) is 10.2 Å². The van der Waals surface area contributed by atoms with E-state index in [1.807, 2.05) is 48.5 Å². The Morgan fingerprint density at radius 2 is 1.70 bits per heavy atom. The Morgan fingerprint density at radius 1 is 1.00 bits per heavy atom. The zero-order chi connectivity index (χ0) is 16.2. The number of rotatable bonds is 4. The quantitative estimate of drug-likeness (QED) is 0.509. The predicted molar refractivity (Wildman–Crippen MR) is 103 cm³/mol. The molecule has 1 aromatic heterocycles. The van der Waals surface area contributed by atoms with Crippen LogP contribution in [0.3, 0.4) is 0 Å². The first-order valence-corrected chi connectivity index (χ1v) is 9.42. The molecule has 0 spiro atoms. The van der Waals surface area contributed by atoms with Crippen molar-refractivity contribution in [1.29, 1.82) is 0 Å². The van der Waals surface area contributed by atoms with E-state index in [4.69, 9.17) is 0 Å². The van der Waals surface area contributed by atoms with Crippen molar-refractivity contribution in [3.8, 4) is 0 Å². The third-order valence-corrected chi connectivity index (χ3v) is 6.63. The second-order valence-corrected chi connectivity index (χ2v) is 8.23. The van der Waals surface area contributed by atoms with Crippen LogP contribution >= 0.6 is 43.2 Å². The number of anilines is 1. The van der Waals surface area contributed by atoms with E-state index in [1.54, 1.807) is 0 Å². The molecule has 1 heterocycles. The van der Waals surface area contributed by atoms with Crippen LogP contribution in [0.5, 0.6) is 0 Å². The van der Waals surface area contributed by atoms with Crippen molar-refractivity contribution in [2.45, 2.75) is 6.42 Å². The third-order valence-electron chi connectivity index (χ3n) is 3.37. The normalized spacial score (nSPS) is 10.5. The van der Waals surface area contributed by atoms with Crippen LogP contribution < -0.4 is 5.32 Å². The Bertz CT molecular complexity index is 811. The molecule has 3 aromatic rings. The molecule has 0 saturated heterocycles. The van der Waals surface area contributed by atoms with E-state index in [9.17, 15) is 4.79 Å². The summed E-state index contributed by atoms with van der Waals surface area (Å²) in [6, 6.07) is 20.0. The largest absolute Gasteiger partial charge is 0.321 e. The Kier molecular flexibility index (Phi) is 5.30. The standard InChI is InChI=1S/C18H13Br2NOS/c19-14-11-16(23-17(14)20)18(22)21-15-9-5-4-8-13(15)10-12-6-2-1-3-7-12/h1-9,11H,10H2,(H,21,22). The Morgan fingerprint density at radius 3 is 2.39 bits per heavy atom. The number of benzene rings is 2. The molecule has 0 radical (unpaired) electrons. The van der Waals surface area contributed by atoms with Crippen LogP contribution in [0.4, 0.5) is 5.69 Å². The highest BCUT2D eigenvalue weighted by atomic mass is 79.9. The summed E-state index contributed by atoms with van der Waals surface area (Å²) in [5, 5.41) is 3.02. The number of amides is 1. The Hall–Kier alpha value is -1.43. The van der Waals surface area contributed by atoms with Gasteiger partial charge < -0.3 is 5.32 Å². The van der Waals surface area contributed by atoms with Gasteiger partial charge in [-0.2, -0.15) is 0 Å². The van der Waals surface area contributed by atoms with Gasteiger partial charge in [0.2, 0.25) is 0 Å². The van der Waals surface area contributed by atoms with Gasteiger partial charge in [-0.05, 0) is 61.5 Å². The Balaban J connectivity index is 1.81. The van der Waals surface area contributed by atoms with Crippen LogP contribution in [0.25, 0.3) is 0 Å². The van der Waals surface area contributed by atoms with Crippen LogP contribution in [0.2, 0.25) is 0 Å². The third kappa shape index (κ3) is 4.10. The highest BCUT2D eigenvalue weighted by Gasteiger charge is 2.13. The number of carbonyl (C=O) groups excluding carboxylic acids is 1. The van der Waals surface area contributed by atoms with E-state index in [0.29, 0.717) is 4.88 Å². The average molecular weight is 451 g/mol. The summed E-state index contributed by atoms with van der Waals surface area (Å²) in [4.78, 5) is 13.1. The fourth-order valence-corrected chi connectivity index (χ4v) is 4.19. The van der Waals surface area contributed by atoms with E-state index in [2.05, 4.69) is 49.3 Å². The maximum atomic E-state index is 12.4. The first kappa shape index (κ1) is 16.4. The van der Waals surface area contributed by atoms with Gasteiger partial charge in [0.05, 0.1) is 8.66 Å². The van der Waals surface area contributed by atoms with Gasteiger partial charge in [-0.1, -0.05) is 48.5 Å². The summed E-state index contributed by atoms with van der Waals surface area (Å²) in [6.45, 7) is 0. The molecule has 0 atom stereocenters. The molecule has 1 N–H and O–H groups in total. The lowest BCUT2D eigenvalue weighted by atomic mass is 10.0. The van der Waals surface area contributed by atoms with Crippen molar-refractivity contribution >= 4 is 54.8 Å². The number of hydrogen-bond donors (Lipinski definition) is 1. The summed E-state index contributed by atoms with van der Waals surface area (Å²) in [6.07, 6.45) is 0.787. The van der Waals surface area contributed by atoms with Crippen molar-refractivity contribution < 1.29 is 4.79 Å². The highest BCUT2D eigenvalue weighted by molar-refractivity contribution is 9.13. The fourth-order valence-electron chi connectivity index (χ4n) is 2.25. The number of carbonyl (C=O) groups is 1. The van der Waals surface area contributed by atoms with Gasteiger partial charge in [0.15, 0.2) is 0 Å². The molecule has 23 heavy (non-hydrogen) atoms. The summed E-state index contributed by atoms with van der Waals surface area (Å²) in [5.41, 5.74) is 3.17. The second-order valence-electron chi connectivity index (χ2n) is 5.01. The molecule has 5 heteroatoms. The van der Waals surface area contributed by atoms with Crippen molar-refractivity contribution in [1.82, 2.24) is 0 Å². The second kappa shape index (κ2) is 7.43. The van der Waals surface area contributed by atoms with Crippen LogP contribution in [-0.4, -0.2) is 5.91 Å². The summed E-state index contributed by atoms with van der Waals surface area (Å²) >= 11 is 8.24. The molecule has 0 aliphatic heterocycles. The fraction of sp³-hybridized carbons (Fsp3) is 0.0556. The van der Waals surface area contributed by atoms with Gasteiger partial charge in [-0.25, -0.2) is 0 Å². The minimum absolute atomic E-state index is 0.0955. The number of nitrogens with one attached hydrogen (secondary N) is 1. The molecule has 0 fully saturated rings. The highest BCUT2D eigenvalue weighted by Crippen LogP contribution is 2.33. The predicted octanol–water partition coefficient (Wildman–Crippen LogP) is 6.12. The topological polar surface area (TPSA) is 29.1 Å². The molecule has 116 valence electrons. The number of halogens is 2. The first-order valence-electron chi connectivity index (χ1n) is 7.01. The van der Waals surface area contributed by atoms with E-state index in [-0.39, 0.29) is 5.91 Å². The summed E-state index contributed by atoms with van der Waals surface area (Å²) in [5.74, 6) is -0.0955. The molecule has 3 rings (SSSR count). The van der Waals surface area contributed by atoms with Crippen LogP contribution in [0, 0.1) is 0 Å². The van der Waals surface area contributed by atoms with Gasteiger partial charge in [-0.15, -0.1) is 11.3 Å².